The van der Waals surface area contributed by atoms with E-state index < -0.39 is 5.41 Å². The van der Waals surface area contributed by atoms with Crippen molar-refractivity contribution in [3.05, 3.63) is 204 Å². The summed E-state index contributed by atoms with van der Waals surface area (Å²) in [5, 5.41) is 13.8. The van der Waals surface area contributed by atoms with Crippen LogP contribution in [0.4, 0.5) is 0 Å². The molecule has 2 aliphatic rings. The predicted octanol–water partition coefficient (Wildman–Crippen LogP) is 19.5. The van der Waals surface area contributed by atoms with Crippen LogP contribution in [0.15, 0.2) is 200 Å². The Morgan fingerprint density at radius 2 is 0.736 bits per heavy atom. The van der Waals surface area contributed by atoms with Crippen molar-refractivity contribution in [1.82, 2.24) is 0 Å². The molecule has 0 aliphatic heterocycles. The van der Waals surface area contributed by atoms with Crippen molar-refractivity contribution in [3.63, 3.8) is 0 Å². The minimum Gasteiger partial charge on any atom is -0.456 e. The van der Waals surface area contributed by atoms with E-state index in [0.717, 1.165) is 110 Å². The second-order valence-corrected chi connectivity index (χ2v) is 21.5. The molecule has 4 heterocycles. The number of fused-ring (bicyclic) bond motifs is 23. The Kier molecular flexibility index (Phi) is 7.08. The van der Waals surface area contributed by atoms with Crippen LogP contribution in [0, 0.1) is 0 Å². The van der Waals surface area contributed by atoms with E-state index in [1.807, 2.05) is 0 Å². The molecule has 0 unspecified atom stereocenters. The average Bonchev–Trinajstić information content (AvgIpc) is 4.24. The largest absolute Gasteiger partial charge is 0.456 e. The lowest BCUT2D eigenvalue weighted by molar-refractivity contribution is 0.601. The molecule has 11 aromatic carbocycles. The zero-order valence-corrected chi connectivity index (χ0v) is 40.0. The lowest BCUT2D eigenvalue weighted by Crippen LogP contribution is -2.24. The van der Waals surface area contributed by atoms with E-state index in [4.69, 9.17) is 17.7 Å². The van der Waals surface area contributed by atoms with Crippen LogP contribution in [0.25, 0.3) is 154 Å². The molecule has 17 rings (SSSR count). The van der Waals surface area contributed by atoms with E-state index >= 15 is 0 Å². The van der Waals surface area contributed by atoms with Gasteiger partial charge in [-0.3, -0.25) is 0 Å². The number of furan rings is 4. The highest BCUT2D eigenvalue weighted by molar-refractivity contribution is 6.22. The minimum absolute atomic E-state index is 0.382. The molecular formula is C68H42O4. The summed E-state index contributed by atoms with van der Waals surface area (Å²) < 4.78 is 27.5. The van der Waals surface area contributed by atoms with Crippen molar-refractivity contribution in [2.75, 3.05) is 0 Å². The van der Waals surface area contributed by atoms with Gasteiger partial charge in [-0.05, 0) is 150 Å². The van der Waals surface area contributed by atoms with Crippen molar-refractivity contribution >= 4 is 109 Å². The van der Waals surface area contributed by atoms with Crippen LogP contribution in [0.2, 0.25) is 0 Å². The highest BCUT2D eigenvalue weighted by atomic mass is 16.3. The Hall–Kier alpha value is -8.86. The number of hydrogen-bond donors (Lipinski definition) is 0. The summed E-state index contributed by atoms with van der Waals surface area (Å²) >= 11 is 0. The first-order chi connectivity index (χ1) is 35.2. The van der Waals surface area contributed by atoms with E-state index in [-0.39, 0.29) is 5.41 Å². The van der Waals surface area contributed by atoms with Crippen molar-refractivity contribution < 1.29 is 17.7 Å². The minimum atomic E-state index is -0.391. The van der Waals surface area contributed by atoms with E-state index in [1.54, 1.807) is 0 Å². The van der Waals surface area contributed by atoms with Crippen LogP contribution < -0.4 is 0 Å². The number of rotatable bonds is 2. The molecule has 2 aliphatic carbocycles. The summed E-state index contributed by atoms with van der Waals surface area (Å²) in [4.78, 5) is 0. The quantitative estimate of drug-likeness (QED) is 0.173. The van der Waals surface area contributed by atoms with Gasteiger partial charge >= 0.3 is 0 Å². The zero-order chi connectivity index (χ0) is 47.5. The molecule has 0 spiro atoms. The van der Waals surface area contributed by atoms with E-state index in [1.165, 1.54) is 66.1 Å². The fourth-order valence-corrected chi connectivity index (χ4v) is 13.6. The highest BCUT2D eigenvalue weighted by Gasteiger charge is 2.48. The highest BCUT2D eigenvalue weighted by Crippen LogP contribution is 2.63. The molecule has 4 aromatic heterocycles. The molecular weight excluding hydrogens is 881 g/mol. The molecule has 0 saturated heterocycles. The first-order valence-corrected chi connectivity index (χ1v) is 25.0. The molecule has 0 amide bonds. The Morgan fingerprint density at radius 1 is 0.292 bits per heavy atom. The maximum atomic E-state index is 7.11. The van der Waals surface area contributed by atoms with Gasteiger partial charge in [-0.1, -0.05) is 137 Å². The molecule has 4 heteroatoms. The lowest BCUT2D eigenvalue weighted by atomic mass is 9.72. The monoisotopic (exact) mass is 922 g/mol. The van der Waals surface area contributed by atoms with Crippen LogP contribution in [0.1, 0.15) is 49.9 Å². The number of hydrogen-bond acceptors (Lipinski definition) is 4. The van der Waals surface area contributed by atoms with Crippen LogP contribution >= 0.6 is 0 Å². The topological polar surface area (TPSA) is 52.6 Å². The van der Waals surface area contributed by atoms with Gasteiger partial charge in [0.15, 0.2) is 0 Å². The third kappa shape index (κ3) is 4.82. The first kappa shape index (κ1) is 38.9. The van der Waals surface area contributed by atoms with Crippen molar-refractivity contribution in [2.24, 2.45) is 0 Å². The van der Waals surface area contributed by atoms with Crippen molar-refractivity contribution in [3.8, 4) is 44.5 Å². The fraction of sp³-hybridized carbons (Fsp3) is 0.0882. The van der Waals surface area contributed by atoms with Crippen LogP contribution in [0.3, 0.4) is 0 Å². The molecule has 338 valence electrons. The summed E-state index contributed by atoms with van der Waals surface area (Å²) in [5.41, 5.74) is 21.0. The average molecular weight is 923 g/mol. The van der Waals surface area contributed by atoms with Gasteiger partial charge in [-0.15, -0.1) is 0 Å². The van der Waals surface area contributed by atoms with Gasteiger partial charge in [-0.2, -0.15) is 0 Å². The summed E-state index contributed by atoms with van der Waals surface area (Å²) in [6, 6.07) is 66.0. The van der Waals surface area contributed by atoms with Gasteiger partial charge < -0.3 is 17.7 Å². The maximum absolute atomic E-state index is 7.11. The smallest absolute Gasteiger partial charge is 0.144 e. The van der Waals surface area contributed by atoms with Gasteiger partial charge in [0, 0.05) is 65.0 Å². The van der Waals surface area contributed by atoms with Gasteiger partial charge in [0.25, 0.3) is 0 Å². The van der Waals surface area contributed by atoms with Crippen molar-refractivity contribution in [2.45, 2.75) is 38.5 Å². The Labute approximate surface area is 412 Å². The summed E-state index contributed by atoms with van der Waals surface area (Å²) in [5.74, 6) is 0. The molecule has 0 N–H and O–H groups in total. The molecule has 0 radical (unpaired) electrons. The molecule has 0 saturated carbocycles. The first-order valence-electron chi connectivity index (χ1n) is 25.0. The Bertz CT molecular complexity index is 4980. The molecule has 15 aromatic rings. The third-order valence-electron chi connectivity index (χ3n) is 16.9. The van der Waals surface area contributed by atoms with Crippen LogP contribution in [0.5, 0.6) is 0 Å². The second kappa shape index (κ2) is 13.1. The van der Waals surface area contributed by atoms with Crippen LogP contribution in [-0.4, -0.2) is 0 Å². The summed E-state index contributed by atoms with van der Waals surface area (Å²) in [6.45, 7) is 9.69. The lowest BCUT2D eigenvalue weighted by Gasteiger charge is -2.31. The van der Waals surface area contributed by atoms with E-state index in [9.17, 15) is 0 Å². The molecule has 0 fully saturated rings. The standard InChI is InChI=1S/C68H42O4/c1-67(2)51-34-48(40-22-24-42-50-28-36-14-6-8-16-38(36)30-58(50)70-56(42)32-40)65-62(44-18-10-12-20-54(44)71-65)60(51)45-25-26-46-61-52(68(3,4)64(46)63(45)67)33-47(59-43-17-9-11-19-53(43)72-66(59)61)39-21-23-41-49-27-35-13-5-7-15-37(35)29-57(49)69-55(41)31-39/h5-34H,1-4H3. The Balaban J connectivity index is 0.884. The van der Waals surface area contributed by atoms with Crippen molar-refractivity contribution in [1.29, 1.82) is 0 Å². The SMILES string of the molecule is CC1(C)c2cc(-c3ccc4c(c3)oc3cc5ccccc5cc34)c3c(oc4ccccc43)c2-c2ccc3c(c21)C(C)(C)c1cc(-c2ccc4c(c2)oc2cc5ccccc5cc24)c2oc4ccccc4c2c1-3. The van der Waals surface area contributed by atoms with E-state index in [0.29, 0.717) is 0 Å². The zero-order valence-electron chi connectivity index (χ0n) is 40.0. The molecule has 0 bridgehead atoms. The summed E-state index contributed by atoms with van der Waals surface area (Å²) in [6.07, 6.45) is 0. The third-order valence-corrected chi connectivity index (χ3v) is 16.9. The molecule has 0 atom stereocenters. The van der Waals surface area contributed by atoms with Crippen LogP contribution in [-0.2, 0) is 10.8 Å². The predicted molar refractivity (Wildman–Crippen MR) is 297 cm³/mol. The van der Waals surface area contributed by atoms with E-state index in [2.05, 4.69) is 210 Å². The molecule has 72 heavy (non-hydrogen) atoms. The molecule has 4 nitrogen and oxygen atoms in total. The van der Waals surface area contributed by atoms with Gasteiger partial charge in [0.2, 0.25) is 0 Å². The number of para-hydroxylation sites is 2. The van der Waals surface area contributed by atoms with Gasteiger partial charge in [0.05, 0.1) is 0 Å². The summed E-state index contributed by atoms with van der Waals surface area (Å²) in [7, 11) is 0. The Morgan fingerprint density at radius 3 is 1.32 bits per heavy atom. The normalized spacial score (nSPS) is 14.6. The van der Waals surface area contributed by atoms with Gasteiger partial charge in [0.1, 0.15) is 44.7 Å². The number of benzene rings is 11. The van der Waals surface area contributed by atoms with Gasteiger partial charge in [-0.25, -0.2) is 0 Å². The fourth-order valence-electron chi connectivity index (χ4n) is 13.6. The second-order valence-electron chi connectivity index (χ2n) is 21.5. The maximum Gasteiger partial charge on any atom is 0.144 e.